The Morgan fingerprint density at radius 1 is 1.47 bits per heavy atom. The van der Waals surface area contributed by atoms with Crippen LogP contribution in [0.5, 0.6) is 0 Å². The summed E-state index contributed by atoms with van der Waals surface area (Å²) in [5.41, 5.74) is 0.890. The number of aryl methyl sites for hydroxylation is 1. The van der Waals surface area contributed by atoms with Crippen LogP contribution in [-0.4, -0.2) is 30.3 Å². The fourth-order valence-corrected chi connectivity index (χ4v) is 2.97. The van der Waals surface area contributed by atoms with Crippen LogP contribution in [0.25, 0.3) is 0 Å². The average Bonchev–Trinajstić information content (AvgIpc) is 2.70. The van der Waals surface area contributed by atoms with Crippen LogP contribution >= 0.6 is 11.3 Å². The topological polar surface area (TPSA) is 56.3 Å². The highest BCUT2D eigenvalue weighted by Crippen LogP contribution is 2.27. The molecule has 1 aliphatic carbocycles. The summed E-state index contributed by atoms with van der Waals surface area (Å²) in [5, 5.41) is 0.770. The maximum Gasteiger partial charge on any atom is 0.174 e. The number of thiazole rings is 1. The lowest BCUT2D eigenvalue weighted by Gasteiger charge is -2.06. The number of methoxy groups -OCH3 is 1. The number of hydrogen-bond acceptors (Lipinski definition) is 5. The van der Waals surface area contributed by atoms with E-state index >= 15 is 0 Å². The van der Waals surface area contributed by atoms with E-state index in [4.69, 9.17) is 4.74 Å². The molecule has 5 heteroatoms. The van der Waals surface area contributed by atoms with Gasteiger partial charge in [-0.25, -0.2) is 4.98 Å². The van der Waals surface area contributed by atoms with Gasteiger partial charge in [-0.3, -0.25) is 9.59 Å². The maximum atomic E-state index is 11.6. The third-order valence-electron chi connectivity index (χ3n) is 2.75. The van der Waals surface area contributed by atoms with Gasteiger partial charge in [0.1, 0.15) is 10.8 Å². The van der Waals surface area contributed by atoms with Gasteiger partial charge in [0.25, 0.3) is 0 Å². The molecule has 2 rings (SSSR count). The zero-order valence-electron chi connectivity index (χ0n) is 9.82. The van der Waals surface area contributed by atoms with Crippen molar-refractivity contribution in [2.75, 3.05) is 13.7 Å². The Labute approximate surface area is 104 Å². The summed E-state index contributed by atoms with van der Waals surface area (Å²) in [6, 6.07) is 0. The normalized spacial score (nSPS) is 14.8. The standard InChI is InChI=1S/C12H15NO3S/c1-16-6-5-8(14)7-11-13-9-3-2-4-10(15)12(9)17-11/h2-7H2,1H3. The van der Waals surface area contributed by atoms with Crippen molar-refractivity contribution in [2.24, 2.45) is 0 Å². The highest BCUT2D eigenvalue weighted by molar-refractivity contribution is 7.14. The third-order valence-corrected chi connectivity index (χ3v) is 3.88. The Morgan fingerprint density at radius 3 is 3.00 bits per heavy atom. The van der Waals surface area contributed by atoms with Crippen molar-refractivity contribution in [2.45, 2.75) is 32.1 Å². The Hall–Kier alpha value is -1.07. The summed E-state index contributed by atoms with van der Waals surface area (Å²) < 4.78 is 4.86. The molecule has 0 atom stereocenters. The zero-order chi connectivity index (χ0) is 12.3. The summed E-state index contributed by atoms with van der Waals surface area (Å²) in [5.74, 6) is 0.296. The number of carbonyl (C=O) groups is 2. The molecule has 0 radical (unpaired) electrons. The number of aromatic nitrogens is 1. The van der Waals surface area contributed by atoms with Gasteiger partial charge in [0.05, 0.1) is 23.6 Å². The molecule has 17 heavy (non-hydrogen) atoms. The Balaban J connectivity index is 2.03. The number of ether oxygens (including phenoxy) is 1. The van der Waals surface area contributed by atoms with Gasteiger partial charge in [-0.15, -0.1) is 11.3 Å². The maximum absolute atomic E-state index is 11.6. The first-order valence-electron chi connectivity index (χ1n) is 5.73. The summed E-state index contributed by atoms with van der Waals surface area (Å²) >= 11 is 1.38. The molecule has 0 fully saturated rings. The molecule has 0 saturated carbocycles. The van der Waals surface area contributed by atoms with Gasteiger partial charge >= 0.3 is 0 Å². The van der Waals surface area contributed by atoms with Crippen LogP contribution in [0.4, 0.5) is 0 Å². The highest BCUT2D eigenvalue weighted by Gasteiger charge is 2.22. The molecule has 0 aliphatic heterocycles. The van der Waals surface area contributed by atoms with Crippen molar-refractivity contribution in [3.8, 4) is 0 Å². The van der Waals surface area contributed by atoms with E-state index in [1.54, 1.807) is 7.11 Å². The Bertz CT molecular complexity index is 439. The Kier molecular flexibility index (Phi) is 4.02. The molecular formula is C12H15NO3S. The number of fused-ring (bicyclic) bond motifs is 1. The van der Waals surface area contributed by atoms with Crippen molar-refractivity contribution in [1.29, 1.82) is 0 Å². The lowest BCUT2D eigenvalue weighted by atomic mass is 10.0. The number of carbonyl (C=O) groups excluding carboxylic acids is 2. The molecule has 1 aromatic heterocycles. The molecule has 1 heterocycles. The minimum absolute atomic E-state index is 0.116. The molecule has 1 aromatic rings. The number of Topliss-reactive ketones (excluding diaryl/α,β-unsaturated/α-hetero) is 2. The number of nitrogens with zero attached hydrogens (tertiary/aromatic N) is 1. The predicted octanol–water partition coefficient (Wildman–Crippen LogP) is 1.81. The fraction of sp³-hybridized carbons (Fsp3) is 0.583. The minimum atomic E-state index is 0.116. The monoisotopic (exact) mass is 253 g/mol. The van der Waals surface area contributed by atoms with Crippen molar-refractivity contribution in [1.82, 2.24) is 4.98 Å². The van der Waals surface area contributed by atoms with Crippen LogP contribution in [0.2, 0.25) is 0 Å². The first kappa shape index (κ1) is 12.4. The molecule has 0 N–H and O–H groups in total. The van der Waals surface area contributed by atoms with Crippen LogP contribution < -0.4 is 0 Å². The van der Waals surface area contributed by atoms with Gasteiger partial charge in [-0.05, 0) is 12.8 Å². The smallest absolute Gasteiger partial charge is 0.174 e. The van der Waals surface area contributed by atoms with Crippen LogP contribution in [0.15, 0.2) is 0 Å². The number of ketones is 2. The van der Waals surface area contributed by atoms with Crippen LogP contribution in [0.3, 0.4) is 0 Å². The van der Waals surface area contributed by atoms with E-state index in [-0.39, 0.29) is 11.6 Å². The van der Waals surface area contributed by atoms with Crippen molar-refractivity contribution in [3.05, 3.63) is 15.6 Å². The van der Waals surface area contributed by atoms with Gasteiger partial charge in [-0.1, -0.05) is 0 Å². The second-order valence-corrected chi connectivity index (χ2v) is 5.20. The van der Waals surface area contributed by atoms with Gasteiger partial charge in [-0.2, -0.15) is 0 Å². The predicted molar refractivity (Wildman–Crippen MR) is 64.6 cm³/mol. The first-order chi connectivity index (χ1) is 8.20. The molecule has 92 valence electrons. The minimum Gasteiger partial charge on any atom is -0.384 e. The van der Waals surface area contributed by atoms with Crippen LogP contribution in [-0.2, 0) is 22.4 Å². The lowest BCUT2D eigenvalue weighted by molar-refractivity contribution is -0.119. The molecule has 4 nitrogen and oxygen atoms in total. The van der Waals surface area contributed by atoms with Crippen molar-refractivity contribution < 1.29 is 14.3 Å². The summed E-state index contributed by atoms with van der Waals surface area (Å²) in [6.45, 7) is 0.447. The van der Waals surface area contributed by atoms with E-state index in [1.807, 2.05) is 0 Å². The largest absolute Gasteiger partial charge is 0.384 e. The Morgan fingerprint density at radius 2 is 2.29 bits per heavy atom. The molecule has 0 saturated heterocycles. The highest BCUT2D eigenvalue weighted by atomic mass is 32.1. The second kappa shape index (κ2) is 5.51. The van der Waals surface area contributed by atoms with Crippen LogP contribution in [0, 0.1) is 0 Å². The van der Waals surface area contributed by atoms with E-state index in [0.29, 0.717) is 25.9 Å². The molecule has 0 amide bonds. The van der Waals surface area contributed by atoms with Gasteiger partial charge in [0, 0.05) is 20.0 Å². The van der Waals surface area contributed by atoms with Crippen molar-refractivity contribution >= 4 is 22.9 Å². The zero-order valence-corrected chi connectivity index (χ0v) is 10.6. The van der Waals surface area contributed by atoms with E-state index in [2.05, 4.69) is 4.98 Å². The average molecular weight is 253 g/mol. The summed E-state index contributed by atoms with van der Waals surface area (Å²) in [6.07, 6.45) is 3.10. The molecule has 0 spiro atoms. The van der Waals surface area contributed by atoms with Gasteiger partial charge in [0.2, 0.25) is 0 Å². The molecule has 1 aliphatic rings. The van der Waals surface area contributed by atoms with E-state index in [9.17, 15) is 9.59 Å². The third kappa shape index (κ3) is 2.98. The quantitative estimate of drug-likeness (QED) is 0.803. The van der Waals surface area contributed by atoms with E-state index < -0.39 is 0 Å². The van der Waals surface area contributed by atoms with Gasteiger partial charge < -0.3 is 4.74 Å². The summed E-state index contributed by atoms with van der Waals surface area (Å²) in [7, 11) is 1.58. The molecular weight excluding hydrogens is 238 g/mol. The number of hydrogen-bond donors (Lipinski definition) is 0. The van der Waals surface area contributed by atoms with E-state index in [1.165, 1.54) is 11.3 Å². The molecule has 0 bridgehead atoms. The molecule has 0 aromatic carbocycles. The first-order valence-corrected chi connectivity index (χ1v) is 6.54. The summed E-state index contributed by atoms with van der Waals surface area (Å²) in [4.78, 5) is 28.3. The SMILES string of the molecule is COCCC(=O)Cc1nc2c(s1)C(=O)CCC2. The molecule has 0 unspecified atom stereocenters. The van der Waals surface area contributed by atoms with E-state index in [0.717, 1.165) is 28.4 Å². The van der Waals surface area contributed by atoms with Gasteiger partial charge in [0.15, 0.2) is 5.78 Å². The number of rotatable bonds is 5. The fourth-order valence-electron chi connectivity index (χ4n) is 1.87. The van der Waals surface area contributed by atoms with Crippen molar-refractivity contribution in [3.63, 3.8) is 0 Å². The van der Waals surface area contributed by atoms with Crippen LogP contribution in [0.1, 0.15) is 39.6 Å². The second-order valence-electron chi connectivity index (χ2n) is 4.12. The lowest BCUT2D eigenvalue weighted by Crippen LogP contribution is -2.08.